The van der Waals surface area contributed by atoms with Crippen LogP contribution in [0, 0.1) is 0 Å². The van der Waals surface area contributed by atoms with E-state index < -0.39 is 0 Å². The van der Waals surface area contributed by atoms with Crippen molar-refractivity contribution in [3.63, 3.8) is 0 Å². The van der Waals surface area contributed by atoms with E-state index in [2.05, 4.69) is 25.2 Å². The molecule has 0 saturated carbocycles. The van der Waals surface area contributed by atoms with Gasteiger partial charge in [0.2, 0.25) is 5.95 Å². The highest BCUT2D eigenvalue weighted by Crippen LogP contribution is 2.19. The average molecular weight is 320 g/mol. The molecule has 1 saturated heterocycles. The first kappa shape index (κ1) is 15.0. The predicted molar refractivity (Wildman–Crippen MR) is 86.5 cm³/mol. The van der Waals surface area contributed by atoms with Crippen LogP contribution in [-0.2, 0) is 11.2 Å². The molecule has 0 radical (unpaired) electrons. The molecular weight excluding hydrogens is 302 g/mol. The van der Waals surface area contributed by atoms with E-state index in [1.54, 1.807) is 18.5 Å². The molecule has 0 atom stereocenters. The van der Waals surface area contributed by atoms with Gasteiger partial charge in [0.25, 0.3) is 0 Å². The number of hydrogen-bond donors (Lipinski definition) is 1. The quantitative estimate of drug-likeness (QED) is 0.851. The second-order valence-electron chi connectivity index (χ2n) is 5.00. The number of aromatic nitrogens is 3. The summed E-state index contributed by atoms with van der Waals surface area (Å²) in [6.45, 7) is 3.82. The topological polar surface area (TPSA) is 63.2 Å². The minimum absolute atomic E-state index is 0.447. The highest BCUT2D eigenvalue weighted by Gasteiger charge is 2.14. The van der Waals surface area contributed by atoms with Crippen LogP contribution in [0.25, 0.3) is 0 Å². The van der Waals surface area contributed by atoms with Crippen molar-refractivity contribution >= 4 is 23.4 Å². The average Bonchev–Trinajstić information content (AvgIpc) is 2.56. The Balaban J connectivity index is 1.62. The van der Waals surface area contributed by atoms with Gasteiger partial charge in [-0.1, -0.05) is 11.6 Å². The van der Waals surface area contributed by atoms with Crippen molar-refractivity contribution in [1.29, 1.82) is 0 Å². The van der Waals surface area contributed by atoms with Gasteiger partial charge < -0.3 is 15.0 Å². The molecule has 6 nitrogen and oxygen atoms in total. The smallest absolute Gasteiger partial charge is 0.226 e. The molecule has 22 heavy (non-hydrogen) atoms. The molecule has 116 valence electrons. The maximum Gasteiger partial charge on any atom is 0.226 e. The minimum Gasteiger partial charge on any atom is -0.378 e. The normalized spacial score (nSPS) is 14.9. The van der Waals surface area contributed by atoms with Crippen molar-refractivity contribution in [3.8, 4) is 0 Å². The highest BCUT2D eigenvalue weighted by molar-refractivity contribution is 6.29. The fraction of sp³-hybridized carbons (Fsp3) is 0.400. The van der Waals surface area contributed by atoms with Gasteiger partial charge in [0.1, 0.15) is 11.0 Å². The zero-order valence-corrected chi connectivity index (χ0v) is 13.0. The van der Waals surface area contributed by atoms with Gasteiger partial charge in [0, 0.05) is 38.1 Å². The third kappa shape index (κ3) is 4.05. The van der Waals surface area contributed by atoms with Crippen molar-refractivity contribution in [2.24, 2.45) is 0 Å². The van der Waals surface area contributed by atoms with Crippen LogP contribution in [0.3, 0.4) is 0 Å². The van der Waals surface area contributed by atoms with Gasteiger partial charge in [0.05, 0.1) is 13.2 Å². The molecule has 2 aromatic heterocycles. The second-order valence-corrected chi connectivity index (χ2v) is 5.39. The molecule has 0 spiro atoms. The van der Waals surface area contributed by atoms with Crippen LogP contribution in [-0.4, -0.2) is 47.8 Å². The summed E-state index contributed by atoms with van der Waals surface area (Å²) in [4.78, 5) is 14.9. The van der Waals surface area contributed by atoms with Gasteiger partial charge in [-0.15, -0.1) is 0 Å². The van der Waals surface area contributed by atoms with Gasteiger partial charge in [-0.3, -0.25) is 4.98 Å². The Labute approximate surface area is 134 Å². The van der Waals surface area contributed by atoms with E-state index in [1.165, 1.54) is 5.56 Å². The molecule has 0 amide bonds. The van der Waals surface area contributed by atoms with E-state index >= 15 is 0 Å². The Kier molecular flexibility index (Phi) is 5.03. The van der Waals surface area contributed by atoms with Crippen molar-refractivity contribution in [2.75, 3.05) is 43.1 Å². The number of nitrogens with zero attached hydrogens (tertiary/aromatic N) is 4. The lowest BCUT2D eigenvalue weighted by molar-refractivity contribution is 0.122. The number of pyridine rings is 1. The summed E-state index contributed by atoms with van der Waals surface area (Å²) in [5.74, 6) is 1.40. The summed E-state index contributed by atoms with van der Waals surface area (Å²) in [5, 5.41) is 3.68. The Morgan fingerprint density at radius 2 is 1.95 bits per heavy atom. The summed E-state index contributed by atoms with van der Waals surface area (Å²) in [6.07, 6.45) is 4.47. The van der Waals surface area contributed by atoms with Gasteiger partial charge in [-0.2, -0.15) is 4.98 Å². The molecule has 1 N–H and O–H groups in total. The molecule has 3 rings (SSSR count). The lowest BCUT2D eigenvalue weighted by Crippen LogP contribution is -2.36. The van der Waals surface area contributed by atoms with Crippen molar-refractivity contribution in [1.82, 2.24) is 15.0 Å². The van der Waals surface area contributed by atoms with E-state index in [4.69, 9.17) is 16.3 Å². The largest absolute Gasteiger partial charge is 0.378 e. The lowest BCUT2D eigenvalue weighted by Gasteiger charge is -2.28. The summed E-state index contributed by atoms with van der Waals surface area (Å²) in [6, 6.07) is 5.79. The molecule has 0 unspecified atom stereocenters. The fourth-order valence-electron chi connectivity index (χ4n) is 2.31. The summed E-state index contributed by atoms with van der Waals surface area (Å²) in [7, 11) is 0. The zero-order chi connectivity index (χ0) is 15.2. The van der Waals surface area contributed by atoms with Crippen LogP contribution in [0.2, 0.25) is 5.15 Å². The van der Waals surface area contributed by atoms with Crippen LogP contribution in [0.4, 0.5) is 11.8 Å². The Bertz CT molecular complexity index is 604. The number of hydrogen-bond acceptors (Lipinski definition) is 6. The SMILES string of the molecule is Clc1cc(N2CCOCC2)nc(NCCc2ccncc2)n1. The Hall–Kier alpha value is -1.92. The number of halogens is 1. The monoisotopic (exact) mass is 319 g/mol. The first-order valence-corrected chi connectivity index (χ1v) is 7.69. The number of rotatable bonds is 5. The van der Waals surface area contributed by atoms with E-state index in [9.17, 15) is 0 Å². The Morgan fingerprint density at radius 3 is 2.73 bits per heavy atom. The molecule has 1 aliphatic heterocycles. The zero-order valence-electron chi connectivity index (χ0n) is 12.2. The van der Waals surface area contributed by atoms with Crippen molar-refractivity contribution in [3.05, 3.63) is 41.3 Å². The molecule has 2 aromatic rings. The summed E-state index contributed by atoms with van der Waals surface area (Å²) >= 11 is 6.11. The number of nitrogens with one attached hydrogen (secondary N) is 1. The number of anilines is 2. The molecule has 1 fully saturated rings. The lowest BCUT2D eigenvalue weighted by atomic mass is 10.2. The number of morpholine rings is 1. The molecule has 3 heterocycles. The van der Waals surface area contributed by atoms with Gasteiger partial charge in [-0.25, -0.2) is 4.98 Å². The molecule has 7 heteroatoms. The van der Waals surface area contributed by atoms with Gasteiger partial charge >= 0.3 is 0 Å². The standard InChI is InChI=1S/C15H18ClN5O/c16-13-11-14(21-7-9-22-10-8-21)20-15(19-13)18-6-3-12-1-4-17-5-2-12/h1-2,4-5,11H,3,6-10H2,(H,18,19,20). The highest BCUT2D eigenvalue weighted by atomic mass is 35.5. The molecule has 0 bridgehead atoms. The summed E-state index contributed by atoms with van der Waals surface area (Å²) < 4.78 is 5.36. The predicted octanol–water partition coefficient (Wildman–Crippen LogP) is 2.02. The molecule has 1 aliphatic rings. The fourth-order valence-corrected chi connectivity index (χ4v) is 2.48. The first-order chi connectivity index (χ1) is 10.8. The maximum atomic E-state index is 6.11. The van der Waals surface area contributed by atoms with Gasteiger partial charge in [0.15, 0.2) is 0 Å². The number of ether oxygens (including phenoxy) is 1. The van der Waals surface area contributed by atoms with E-state index in [0.29, 0.717) is 24.3 Å². The van der Waals surface area contributed by atoms with Crippen LogP contribution >= 0.6 is 11.6 Å². The maximum absolute atomic E-state index is 6.11. The minimum atomic E-state index is 0.447. The van der Waals surface area contributed by atoms with Crippen LogP contribution in [0.15, 0.2) is 30.6 Å². The van der Waals surface area contributed by atoms with E-state index in [-0.39, 0.29) is 0 Å². The van der Waals surface area contributed by atoms with Crippen molar-refractivity contribution in [2.45, 2.75) is 6.42 Å². The van der Waals surface area contributed by atoms with Gasteiger partial charge in [-0.05, 0) is 24.1 Å². The van der Waals surface area contributed by atoms with Crippen LogP contribution in [0.1, 0.15) is 5.56 Å². The third-order valence-electron chi connectivity index (χ3n) is 3.46. The molecule has 0 aliphatic carbocycles. The summed E-state index contributed by atoms with van der Waals surface area (Å²) in [5.41, 5.74) is 1.22. The van der Waals surface area contributed by atoms with Crippen molar-refractivity contribution < 1.29 is 4.74 Å². The molecular formula is C15H18ClN5O. The van der Waals surface area contributed by atoms with E-state index in [0.717, 1.165) is 31.9 Å². The second kappa shape index (κ2) is 7.38. The third-order valence-corrected chi connectivity index (χ3v) is 3.66. The van der Waals surface area contributed by atoms with E-state index in [1.807, 2.05) is 12.1 Å². The van der Waals surface area contributed by atoms with Crippen LogP contribution < -0.4 is 10.2 Å². The van der Waals surface area contributed by atoms with Crippen LogP contribution in [0.5, 0.6) is 0 Å². The first-order valence-electron chi connectivity index (χ1n) is 7.31. The Morgan fingerprint density at radius 1 is 1.18 bits per heavy atom. The molecule has 0 aromatic carbocycles.